The molecular formula is C16H14ClNO3. The summed E-state index contributed by atoms with van der Waals surface area (Å²) in [7, 11) is 1.31. The molecule has 2 aromatic carbocycles. The highest BCUT2D eigenvalue weighted by atomic mass is 35.5. The van der Waals surface area contributed by atoms with E-state index >= 15 is 0 Å². The summed E-state index contributed by atoms with van der Waals surface area (Å²) in [5.41, 5.74) is 1.72. The monoisotopic (exact) mass is 303 g/mol. The summed E-state index contributed by atoms with van der Waals surface area (Å²) in [6, 6.07) is 13.6. The summed E-state index contributed by atoms with van der Waals surface area (Å²) < 4.78 is 4.60. The van der Waals surface area contributed by atoms with Gasteiger partial charge in [-0.1, -0.05) is 29.8 Å². The van der Waals surface area contributed by atoms with Crippen molar-refractivity contribution >= 4 is 23.5 Å². The number of hydrogen-bond acceptors (Lipinski definition) is 3. The van der Waals surface area contributed by atoms with Gasteiger partial charge >= 0.3 is 5.97 Å². The molecule has 0 aliphatic rings. The fourth-order valence-electron chi connectivity index (χ4n) is 1.79. The number of ether oxygens (including phenoxy) is 1. The Hall–Kier alpha value is -2.33. The van der Waals surface area contributed by atoms with Crippen LogP contribution in [0.25, 0.3) is 0 Å². The number of methoxy groups -OCH3 is 1. The number of rotatable bonds is 4. The number of halogens is 1. The van der Waals surface area contributed by atoms with Crippen molar-refractivity contribution in [2.24, 2.45) is 0 Å². The zero-order valence-corrected chi connectivity index (χ0v) is 12.2. The van der Waals surface area contributed by atoms with Crippen LogP contribution in [0.2, 0.25) is 5.02 Å². The van der Waals surface area contributed by atoms with Gasteiger partial charge in [0, 0.05) is 17.1 Å². The lowest BCUT2D eigenvalue weighted by molar-refractivity contribution is 0.0600. The standard InChI is InChI=1S/C16H14ClNO3/c1-21-16(20)12-8-6-11(7-9-12)15(19)18-10-13-4-2-3-5-14(13)17/h2-9H,10H2,1H3,(H,18,19). The summed E-state index contributed by atoms with van der Waals surface area (Å²) in [6.07, 6.45) is 0. The average Bonchev–Trinajstić information content (AvgIpc) is 2.53. The molecular weight excluding hydrogens is 290 g/mol. The summed E-state index contributed by atoms with van der Waals surface area (Å²) in [5.74, 6) is -0.663. The van der Waals surface area contributed by atoms with Gasteiger partial charge in [-0.05, 0) is 35.9 Å². The second-order valence-corrected chi connectivity index (χ2v) is 4.75. The van der Waals surface area contributed by atoms with E-state index in [2.05, 4.69) is 10.1 Å². The molecule has 0 aliphatic heterocycles. The van der Waals surface area contributed by atoms with Gasteiger partial charge < -0.3 is 10.1 Å². The highest BCUT2D eigenvalue weighted by Crippen LogP contribution is 2.14. The van der Waals surface area contributed by atoms with Gasteiger partial charge in [0.25, 0.3) is 5.91 Å². The largest absolute Gasteiger partial charge is 0.465 e. The maximum atomic E-state index is 12.0. The molecule has 0 radical (unpaired) electrons. The van der Waals surface area contributed by atoms with Crippen LogP contribution in [0.5, 0.6) is 0 Å². The van der Waals surface area contributed by atoms with E-state index in [-0.39, 0.29) is 5.91 Å². The van der Waals surface area contributed by atoms with E-state index in [1.165, 1.54) is 7.11 Å². The van der Waals surface area contributed by atoms with Crippen molar-refractivity contribution in [1.82, 2.24) is 5.32 Å². The molecule has 2 aromatic rings. The molecule has 108 valence electrons. The molecule has 0 saturated heterocycles. The lowest BCUT2D eigenvalue weighted by atomic mass is 10.1. The van der Waals surface area contributed by atoms with E-state index in [1.54, 1.807) is 30.3 Å². The van der Waals surface area contributed by atoms with Gasteiger partial charge in [0.2, 0.25) is 0 Å². The Morgan fingerprint density at radius 1 is 1.05 bits per heavy atom. The van der Waals surface area contributed by atoms with E-state index in [0.717, 1.165) is 5.56 Å². The number of esters is 1. The fraction of sp³-hybridized carbons (Fsp3) is 0.125. The second-order valence-electron chi connectivity index (χ2n) is 4.34. The lowest BCUT2D eigenvalue weighted by Gasteiger charge is -2.07. The molecule has 2 rings (SSSR count). The normalized spacial score (nSPS) is 10.0. The van der Waals surface area contributed by atoms with Crippen molar-refractivity contribution in [2.45, 2.75) is 6.54 Å². The molecule has 0 bridgehead atoms. The van der Waals surface area contributed by atoms with Crippen LogP contribution < -0.4 is 5.32 Å². The van der Waals surface area contributed by atoms with E-state index in [4.69, 9.17) is 11.6 Å². The maximum absolute atomic E-state index is 12.0. The van der Waals surface area contributed by atoms with Crippen LogP contribution in [0.4, 0.5) is 0 Å². The second kappa shape index (κ2) is 6.90. The average molecular weight is 304 g/mol. The molecule has 0 aromatic heterocycles. The van der Waals surface area contributed by atoms with Crippen molar-refractivity contribution in [2.75, 3.05) is 7.11 Å². The van der Waals surface area contributed by atoms with Crippen molar-refractivity contribution in [3.63, 3.8) is 0 Å². The molecule has 4 nitrogen and oxygen atoms in total. The van der Waals surface area contributed by atoms with Crippen LogP contribution in [0.3, 0.4) is 0 Å². The van der Waals surface area contributed by atoms with Crippen LogP contribution in [-0.2, 0) is 11.3 Å². The smallest absolute Gasteiger partial charge is 0.337 e. The molecule has 0 fully saturated rings. The van der Waals surface area contributed by atoms with Crippen molar-refractivity contribution in [3.8, 4) is 0 Å². The first-order chi connectivity index (χ1) is 10.1. The SMILES string of the molecule is COC(=O)c1ccc(C(=O)NCc2ccccc2Cl)cc1. The Morgan fingerprint density at radius 3 is 2.29 bits per heavy atom. The number of amides is 1. The van der Waals surface area contributed by atoms with Crippen LogP contribution in [0.1, 0.15) is 26.3 Å². The van der Waals surface area contributed by atoms with Gasteiger partial charge in [-0.25, -0.2) is 4.79 Å². The molecule has 0 heterocycles. The number of benzene rings is 2. The number of nitrogens with one attached hydrogen (secondary N) is 1. The predicted octanol–water partition coefficient (Wildman–Crippen LogP) is 3.06. The molecule has 21 heavy (non-hydrogen) atoms. The molecule has 5 heteroatoms. The van der Waals surface area contributed by atoms with Gasteiger partial charge in [0.05, 0.1) is 12.7 Å². The highest BCUT2D eigenvalue weighted by molar-refractivity contribution is 6.31. The Labute approximate surface area is 127 Å². The Morgan fingerprint density at radius 2 is 1.67 bits per heavy atom. The van der Waals surface area contributed by atoms with Crippen LogP contribution in [0.15, 0.2) is 48.5 Å². The van der Waals surface area contributed by atoms with E-state index in [1.807, 2.05) is 18.2 Å². The van der Waals surface area contributed by atoms with Gasteiger partial charge in [0.1, 0.15) is 0 Å². The zero-order chi connectivity index (χ0) is 15.2. The van der Waals surface area contributed by atoms with Gasteiger partial charge in [-0.15, -0.1) is 0 Å². The minimum Gasteiger partial charge on any atom is -0.465 e. The Kier molecular flexibility index (Phi) is 4.95. The summed E-state index contributed by atoms with van der Waals surface area (Å²) in [4.78, 5) is 23.3. The molecule has 1 amide bonds. The van der Waals surface area contributed by atoms with Crippen molar-refractivity contribution in [3.05, 3.63) is 70.2 Å². The van der Waals surface area contributed by atoms with Crippen molar-refractivity contribution < 1.29 is 14.3 Å². The van der Waals surface area contributed by atoms with Gasteiger partial charge in [-0.2, -0.15) is 0 Å². The number of hydrogen-bond donors (Lipinski definition) is 1. The summed E-state index contributed by atoms with van der Waals surface area (Å²) >= 11 is 6.02. The Balaban J connectivity index is 2.01. The molecule has 0 saturated carbocycles. The third-order valence-electron chi connectivity index (χ3n) is 2.97. The summed E-state index contributed by atoms with van der Waals surface area (Å²) in [5, 5.41) is 3.39. The topological polar surface area (TPSA) is 55.4 Å². The first kappa shape index (κ1) is 15.1. The van der Waals surface area contributed by atoms with E-state index < -0.39 is 5.97 Å². The van der Waals surface area contributed by atoms with Crippen LogP contribution >= 0.6 is 11.6 Å². The predicted molar refractivity (Wildman–Crippen MR) is 80.4 cm³/mol. The third-order valence-corrected chi connectivity index (χ3v) is 3.33. The van der Waals surface area contributed by atoms with Gasteiger partial charge in [-0.3, -0.25) is 4.79 Å². The van der Waals surface area contributed by atoms with Gasteiger partial charge in [0.15, 0.2) is 0 Å². The number of carbonyl (C=O) groups excluding carboxylic acids is 2. The first-order valence-corrected chi connectivity index (χ1v) is 6.69. The van der Waals surface area contributed by atoms with Crippen LogP contribution in [-0.4, -0.2) is 19.0 Å². The third kappa shape index (κ3) is 3.83. The van der Waals surface area contributed by atoms with E-state index in [9.17, 15) is 9.59 Å². The Bertz CT molecular complexity index is 653. The van der Waals surface area contributed by atoms with Crippen molar-refractivity contribution in [1.29, 1.82) is 0 Å². The maximum Gasteiger partial charge on any atom is 0.337 e. The molecule has 0 atom stereocenters. The zero-order valence-electron chi connectivity index (χ0n) is 11.4. The van der Waals surface area contributed by atoms with E-state index in [0.29, 0.717) is 22.7 Å². The highest BCUT2D eigenvalue weighted by Gasteiger charge is 2.09. The molecule has 1 N–H and O–H groups in total. The first-order valence-electron chi connectivity index (χ1n) is 6.32. The number of carbonyl (C=O) groups is 2. The minimum absolute atomic E-state index is 0.230. The molecule has 0 spiro atoms. The fourth-order valence-corrected chi connectivity index (χ4v) is 2.00. The summed E-state index contributed by atoms with van der Waals surface area (Å²) in [6.45, 7) is 0.345. The molecule has 0 aliphatic carbocycles. The molecule has 0 unspecified atom stereocenters. The minimum atomic E-state index is -0.432. The quantitative estimate of drug-likeness (QED) is 0.883. The van der Waals surface area contributed by atoms with Crippen LogP contribution in [0, 0.1) is 0 Å². The lowest BCUT2D eigenvalue weighted by Crippen LogP contribution is -2.23.